The van der Waals surface area contributed by atoms with Gasteiger partial charge in [-0.2, -0.15) is 0 Å². The molecule has 0 aliphatic carbocycles. The zero-order chi connectivity index (χ0) is 11.5. The lowest BCUT2D eigenvalue weighted by molar-refractivity contribution is -0.0570. The van der Waals surface area contributed by atoms with E-state index in [1.54, 1.807) is 21.3 Å². The number of methoxy groups -OCH3 is 3. The third-order valence-corrected chi connectivity index (χ3v) is 1.97. The van der Waals surface area contributed by atoms with Crippen LogP contribution in [0.2, 0.25) is 0 Å². The molecule has 0 rings (SSSR count). The molecule has 0 aromatic rings. The molecule has 0 bridgehead atoms. The fourth-order valence-electron chi connectivity index (χ4n) is 1.19. The van der Waals surface area contributed by atoms with Crippen LogP contribution in [-0.4, -0.2) is 28.1 Å². The first-order valence-corrected chi connectivity index (χ1v) is 5.23. The van der Waals surface area contributed by atoms with Gasteiger partial charge in [-0.3, -0.25) is 0 Å². The Morgan fingerprint density at radius 2 is 1.73 bits per heavy atom. The molecule has 0 aromatic carbocycles. The van der Waals surface area contributed by atoms with Crippen LogP contribution in [0, 0.1) is 0 Å². The average molecular weight is 218 g/mol. The van der Waals surface area contributed by atoms with Crippen molar-refractivity contribution in [2.24, 2.45) is 0 Å². The van der Waals surface area contributed by atoms with E-state index >= 15 is 0 Å². The summed E-state index contributed by atoms with van der Waals surface area (Å²) in [5, 5.41) is 0. The van der Waals surface area contributed by atoms with Gasteiger partial charge < -0.3 is 18.9 Å². The minimum Gasteiger partial charge on any atom is -0.494 e. The molecule has 0 spiro atoms. The molecule has 4 heteroatoms. The molecule has 90 valence electrons. The van der Waals surface area contributed by atoms with Gasteiger partial charge in [0.15, 0.2) is 12.6 Å². The highest BCUT2D eigenvalue weighted by molar-refractivity contribution is 4.94. The van der Waals surface area contributed by atoms with E-state index in [4.69, 9.17) is 18.9 Å². The number of rotatable bonds is 9. The largest absolute Gasteiger partial charge is 0.494 e. The third-order valence-electron chi connectivity index (χ3n) is 1.97. The highest BCUT2D eigenvalue weighted by atomic mass is 16.7. The van der Waals surface area contributed by atoms with Gasteiger partial charge in [0.25, 0.3) is 0 Å². The average Bonchev–Trinajstić information content (AvgIpc) is 2.27. The SMILES string of the molecule is CCCCCC(OC)=C(OC)OCOC. The predicted octanol–water partition coefficient (Wildman–Crippen LogP) is 2.65. The molecule has 0 aliphatic rings. The monoisotopic (exact) mass is 218 g/mol. The fraction of sp³-hybridized carbons (Fsp3) is 0.818. The molecule has 4 nitrogen and oxygen atoms in total. The zero-order valence-electron chi connectivity index (χ0n) is 10.2. The Labute approximate surface area is 92.2 Å². The van der Waals surface area contributed by atoms with Crippen molar-refractivity contribution in [3.8, 4) is 0 Å². The molecule has 0 N–H and O–H groups in total. The highest BCUT2D eigenvalue weighted by Gasteiger charge is 2.09. The summed E-state index contributed by atoms with van der Waals surface area (Å²) in [5.41, 5.74) is 0. The minimum atomic E-state index is 0.170. The Bertz CT molecular complexity index is 177. The summed E-state index contributed by atoms with van der Waals surface area (Å²) in [6, 6.07) is 0. The van der Waals surface area contributed by atoms with Crippen LogP contribution in [-0.2, 0) is 18.9 Å². The molecule has 0 aliphatic heterocycles. The van der Waals surface area contributed by atoms with Crippen molar-refractivity contribution in [2.45, 2.75) is 32.6 Å². The van der Waals surface area contributed by atoms with E-state index in [2.05, 4.69) is 6.92 Å². The van der Waals surface area contributed by atoms with Crippen molar-refractivity contribution in [1.82, 2.24) is 0 Å². The second kappa shape index (κ2) is 9.65. The first-order chi connectivity index (χ1) is 7.29. The molecule has 0 atom stereocenters. The lowest BCUT2D eigenvalue weighted by Crippen LogP contribution is -2.04. The topological polar surface area (TPSA) is 36.9 Å². The van der Waals surface area contributed by atoms with Gasteiger partial charge in [-0.15, -0.1) is 0 Å². The van der Waals surface area contributed by atoms with E-state index < -0.39 is 0 Å². The van der Waals surface area contributed by atoms with Gasteiger partial charge in [-0.05, 0) is 6.42 Å². The van der Waals surface area contributed by atoms with Crippen LogP contribution >= 0.6 is 0 Å². The van der Waals surface area contributed by atoms with Crippen LogP contribution in [0.25, 0.3) is 0 Å². The molecule has 0 radical (unpaired) electrons. The van der Waals surface area contributed by atoms with Crippen molar-refractivity contribution in [1.29, 1.82) is 0 Å². The van der Waals surface area contributed by atoms with E-state index in [0.717, 1.165) is 18.6 Å². The Balaban J connectivity index is 4.17. The van der Waals surface area contributed by atoms with Crippen LogP contribution in [0.5, 0.6) is 0 Å². The van der Waals surface area contributed by atoms with Gasteiger partial charge >= 0.3 is 5.95 Å². The lowest BCUT2D eigenvalue weighted by atomic mass is 10.2. The summed E-state index contributed by atoms with van der Waals surface area (Å²) in [4.78, 5) is 0. The van der Waals surface area contributed by atoms with Gasteiger partial charge in [-0.1, -0.05) is 19.8 Å². The summed E-state index contributed by atoms with van der Waals surface area (Å²) in [5.74, 6) is 1.15. The summed E-state index contributed by atoms with van der Waals surface area (Å²) >= 11 is 0. The smallest absolute Gasteiger partial charge is 0.320 e. The Morgan fingerprint density at radius 1 is 1.00 bits per heavy atom. The van der Waals surface area contributed by atoms with Crippen molar-refractivity contribution in [2.75, 3.05) is 28.1 Å². The number of hydrogen-bond donors (Lipinski definition) is 0. The standard InChI is InChI=1S/C11H22O4/c1-5-6-7-8-10(13-3)11(14-4)15-9-12-2/h5-9H2,1-4H3. The highest BCUT2D eigenvalue weighted by Crippen LogP contribution is 2.15. The molecular formula is C11H22O4. The lowest BCUT2D eigenvalue weighted by Gasteiger charge is -2.13. The van der Waals surface area contributed by atoms with Crippen molar-refractivity contribution < 1.29 is 18.9 Å². The van der Waals surface area contributed by atoms with Crippen LogP contribution in [0.4, 0.5) is 0 Å². The van der Waals surface area contributed by atoms with E-state index in [0.29, 0.717) is 5.95 Å². The predicted molar refractivity (Wildman–Crippen MR) is 58.1 cm³/mol. The van der Waals surface area contributed by atoms with Gasteiger partial charge in [0.1, 0.15) is 0 Å². The molecule has 0 fully saturated rings. The van der Waals surface area contributed by atoms with E-state index in [1.807, 2.05) is 0 Å². The van der Waals surface area contributed by atoms with Crippen molar-refractivity contribution in [3.63, 3.8) is 0 Å². The quantitative estimate of drug-likeness (QED) is 0.339. The molecule has 0 unspecified atom stereocenters. The molecule has 0 amide bonds. The summed E-state index contributed by atoms with van der Waals surface area (Å²) in [7, 11) is 4.75. The van der Waals surface area contributed by atoms with E-state index in [9.17, 15) is 0 Å². The van der Waals surface area contributed by atoms with Gasteiger partial charge in [0.2, 0.25) is 0 Å². The van der Waals surface area contributed by atoms with Gasteiger partial charge in [-0.25, -0.2) is 0 Å². The molecule has 15 heavy (non-hydrogen) atoms. The van der Waals surface area contributed by atoms with Crippen molar-refractivity contribution >= 4 is 0 Å². The second-order valence-electron chi connectivity index (χ2n) is 3.13. The van der Waals surface area contributed by atoms with Crippen LogP contribution in [0.3, 0.4) is 0 Å². The first-order valence-electron chi connectivity index (χ1n) is 5.23. The molecule has 0 heterocycles. The second-order valence-corrected chi connectivity index (χ2v) is 3.13. The maximum Gasteiger partial charge on any atom is 0.320 e. The maximum absolute atomic E-state index is 5.23. The van der Waals surface area contributed by atoms with Crippen LogP contribution < -0.4 is 0 Å². The Kier molecular flexibility index (Phi) is 9.07. The molecule has 0 saturated heterocycles. The summed E-state index contributed by atoms with van der Waals surface area (Å²) < 4.78 is 20.3. The first kappa shape index (κ1) is 14.1. The summed E-state index contributed by atoms with van der Waals surface area (Å²) in [6.07, 6.45) is 4.26. The Morgan fingerprint density at radius 3 is 2.20 bits per heavy atom. The number of allylic oxidation sites excluding steroid dienone is 1. The van der Waals surface area contributed by atoms with Crippen LogP contribution in [0.15, 0.2) is 11.7 Å². The fourth-order valence-corrected chi connectivity index (χ4v) is 1.19. The molecule has 0 saturated carbocycles. The number of ether oxygens (including phenoxy) is 4. The molecule has 0 aromatic heterocycles. The van der Waals surface area contributed by atoms with Gasteiger partial charge in [0.05, 0.1) is 14.2 Å². The normalized spacial score (nSPS) is 12.0. The maximum atomic E-state index is 5.23. The minimum absolute atomic E-state index is 0.170. The van der Waals surface area contributed by atoms with Gasteiger partial charge in [0, 0.05) is 13.5 Å². The van der Waals surface area contributed by atoms with E-state index in [1.165, 1.54) is 12.8 Å². The van der Waals surface area contributed by atoms with Crippen molar-refractivity contribution in [3.05, 3.63) is 11.7 Å². The Hall–Kier alpha value is -0.900. The zero-order valence-corrected chi connectivity index (χ0v) is 10.2. The number of unbranched alkanes of at least 4 members (excludes halogenated alkanes) is 2. The van der Waals surface area contributed by atoms with E-state index in [-0.39, 0.29) is 6.79 Å². The third kappa shape index (κ3) is 6.23. The number of hydrogen-bond acceptors (Lipinski definition) is 4. The molecular weight excluding hydrogens is 196 g/mol. The van der Waals surface area contributed by atoms with Crippen LogP contribution in [0.1, 0.15) is 32.6 Å². The summed E-state index contributed by atoms with van der Waals surface area (Å²) in [6.45, 7) is 2.33.